The van der Waals surface area contributed by atoms with Crippen LogP contribution in [0.4, 0.5) is 0 Å². The Bertz CT molecular complexity index is 938. The highest BCUT2D eigenvalue weighted by molar-refractivity contribution is 7.03. The van der Waals surface area contributed by atoms with Crippen molar-refractivity contribution in [2.75, 3.05) is 6.54 Å². The Morgan fingerprint density at radius 2 is 2.04 bits per heavy atom. The van der Waals surface area contributed by atoms with Gasteiger partial charge in [0.2, 0.25) is 0 Å². The third-order valence-electron chi connectivity index (χ3n) is 4.49. The van der Waals surface area contributed by atoms with E-state index in [1.54, 1.807) is 16.6 Å². The number of fused-ring (bicyclic) bond motifs is 1. The fourth-order valence-corrected chi connectivity index (χ4v) is 3.53. The summed E-state index contributed by atoms with van der Waals surface area (Å²) in [7, 11) is 0. The lowest BCUT2D eigenvalue weighted by molar-refractivity contribution is 0.0737. The molecule has 1 N–H and O–H groups in total. The van der Waals surface area contributed by atoms with E-state index in [1.165, 1.54) is 0 Å². The molecule has 0 atom stereocenters. The molecule has 1 aliphatic heterocycles. The molecule has 9 heteroatoms. The van der Waals surface area contributed by atoms with Gasteiger partial charge in [-0.1, -0.05) is 34.8 Å². The molecule has 8 nitrogen and oxygen atoms in total. The number of imidazole rings is 1. The predicted molar refractivity (Wildman–Crippen MR) is 99.1 cm³/mol. The molecule has 0 radical (unpaired) electrons. The largest absolute Gasteiger partial charge is 0.347 e. The summed E-state index contributed by atoms with van der Waals surface area (Å²) < 4.78 is 5.71. The highest BCUT2D eigenvalue weighted by Gasteiger charge is 2.26. The number of aryl methyl sites for hydroxylation is 1. The van der Waals surface area contributed by atoms with Crippen molar-refractivity contribution in [3.63, 3.8) is 0 Å². The van der Waals surface area contributed by atoms with E-state index < -0.39 is 0 Å². The molecule has 3 heterocycles. The van der Waals surface area contributed by atoms with Crippen LogP contribution < -0.4 is 5.32 Å². The van der Waals surface area contributed by atoms with E-state index in [0.29, 0.717) is 37.6 Å². The quantitative estimate of drug-likeness (QED) is 0.741. The molecule has 2 amide bonds. The molecule has 1 aliphatic rings. The molecule has 0 spiro atoms. The van der Waals surface area contributed by atoms with E-state index in [2.05, 4.69) is 19.9 Å². The summed E-state index contributed by atoms with van der Waals surface area (Å²) in [5, 5.41) is 8.40. The maximum absolute atomic E-state index is 12.7. The predicted octanol–water partition coefficient (Wildman–Crippen LogP) is 1.71. The SMILES string of the molecule is O=C(NCc1ccccc1)c1ncn2c1CN(C(=O)c1csnn1)CCC2. The molecule has 0 saturated heterocycles. The van der Waals surface area contributed by atoms with Gasteiger partial charge >= 0.3 is 0 Å². The Morgan fingerprint density at radius 1 is 1.19 bits per heavy atom. The van der Waals surface area contributed by atoms with Crippen molar-refractivity contribution < 1.29 is 9.59 Å². The van der Waals surface area contributed by atoms with Crippen molar-refractivity contribution in [1.29, 1.82) is 0 Å². The molecule has 3 aromatic rings. The van der Waals surface area contributed by atoms with Crippen molar-refractivity contribution in [3.8, 4) is 0 Å². The zero-order valence-corrected chi connectivity index (χ0v) is 15.4. The summed E-state index contributed by atoms with van der Waals surface area (Å²) in [6.45, 7) is 2.07. The third-order valence-corrected chi connectivity index (χ3v) is 5.00. The van der Waals surface area contributed by atoms with E-state index in [9.17, 15) is 9.59 Å². The van der Waals surface area contributed by atoms with Crippen LogP contribution in [0, 0.1) is 0 Å². The van der Waals surface area contributed by atoms with Gasteiger partial charge in [0.15, 0.2) is 11.4 Å². The van der Waals surface area contributed by atoms with Gasteiger partial charge in [0, 0.05) is 25.0 Å². The second-order valence-electron chi connectivity index (χ2n) is 6.27. The number of rotatable bonds is 4. The van der Waals surface area contributed by atoms with Gasteiger partial charge in [0.25, 0.3) is 11.8 Å². The van der Waals surface area contributed by atoms with Gasteiger partial charge in [-0.25, -0.2) is 4.98 Å². The molecule has 0 unspecified atom stereocenters. The Kier molecular flexibility index (Phi) is 4.93. The molecule has 0 bridgehead atoms. The van der Waals surface area contributed by atoms with E-state index >= 15 is 0 Å². The first-order valence-corrected chi connectivity index (χ1v) is 9.48. The minimum absolute atomic E-state index is 0.172. The topological polar surface area (TPSA) is 93.0 Å². The van der Waals surface area contributed by atoms with Gasteiger partial charge in [-0.05, 0) is 23.5 Å². The fraction of sp³-hybridized carbons (Fsp3) is 0.278. The second-order valence-corrected chi connectivity index (χ2v) is 6.88. The Labute approximate surface area is 160 Å². The van der Waals surface area contributed by atoms with E-state index in [0.717, 1.165) is 29.2 Å². The first-order valence-electron chi connectivity index (χ1n) is 8.65. The molecular formula is C18H18N6O2S. The Morgan fingerprint density at radius 3 is 2.81 bits per heavy atom. The number of hydrogen-bond donors (Lipinski definition) is 1. The van der Waals surface area contributed by atoms with Crippen LogP contribution in [-0.4, -0.2) is 42.4 Å². The van der Waals surface area contributed by atoms with E-state index in [4.69, 9.17) is 0 Å². The fourth-order valence-electron chi connectivity index (χ4n) is 3.10. The first kappa shape index (κ1) is 17.3. The zero-order chi connectivity index (χ0) is 18.6. The summed E-state index contributed by atoms with van der Waals surface area (Å²) in [4.78, 5) is 31.3. The summed E-state index contributed by atoms with van der Waals surface area (Å²) in [5.41, 5.74) is 2.46. The summed E-state index contributed by atoms with van der Waals surface area (Å²) >= 11 is 1.15. The molecular weight excluding hydrogens is 364 g/mol. The standard InChI is InChI=1S/C18H18N6O2S/c25-17(19-9-13-5-2-1-3-6-13)16-15-10-23(7-4-8-24(15)12-20-16)18(26)14-11-27-22-21-14/h1-3,5-6,11-12H,4,7-10H2,(H,19,25). The molecule has 1 aromatic carbocycles. The van der Waals surface area contributed by atoms with Crippen LogP contribution >= 0.6 is 11.5 Å². The number of amides is 2. The average molecular weight is 382 g/mol. The molecule has 138 valence electrons. The van der Waals surface area contributed by atoms with Gasteiger partial charge in [-0.2, -0.15) is 0 Å². The van der Waals surface area contributed by atoms with E-state index in [-0.39, 0.29) is 11.8 Å². The monoisotopic (exact) mass is 382 g/mol. The van der Waals surface area contributed by atoms with Crippen molar-refractivity contribution in [2.24, 2.45) is 0 Å². The molecule has 27 heavy (non-hydrogen) atoms. The van der Waals surface area contributed by atoms with Gasteiger partial charge in [0.1, 0.15) is 0 Å². The van der Waals surface area contributed by atoms with Gasteiger partial charge < -0.3 is 14.8 Å². The molecule has 2 aromatic heterocycles. The number of carbonyl (C=O) groups is 2. The number of aromatic nitrogens is 4. The lowest BCUT2D eigenvalue weighted by atomic mass is 10.2. The van der Waals surface area contributed by atoms with Crippen molar-refractivity contribution in [3.05, 3.63) is 64.7 Å². The summed E-state index contributed by atoms with van der Waals surface area (Å²) in [6.07, 6.45) is 2.46. The summed E-state index contributed by atoms with van der Waals surface area (Å²) in [5.74, 6) is -0.411. The van der Waals surface area contributed by atoms with Crippen LogP contribution in [0.25, 0.3) is 0 Å². The van der Waals surface area contributed by atoms with Crippen LogP contribution in [0.3, 0.4) is 0 Å². The average Bonchev–Trinajstić information content (AvgIpc) is 3.32. The molecule has 4 rings (SSSR count). The van der Waals surface area contributed by atoms with Crippen LogP contribution in [0.2, 0.25) is 0 Å². The maximum atomic E-state index is 12.7. The second kappa shape index (κ2) is 7.67. The smallest absolute Gasteiger partial charge is 0.275 e. The minimum Gasteiger partial charge on any atom is -0.347 e. The maximum Gasteiger partial charge on any atom is 0.275 e. The first-order chi connectivity index (χ1) is 13.2. The Balaban J connectivity index is 1.51. The molecule has 0 fully saturated rings. The van der Waals surface area contributed by atoms with Crippen LogP contribution in [0.15, 0.2) is 42.0 Å². The van der Waals surface area contributed by atoms with Crippen LogP contribution in [0.1, 0.15) is 38.7 Å². The minimum atomic E-state index is -0.239. The highest BCUT2D eigenvalue weighted by Crippen LogP contribution is 2.18. The highest BCUT2D eigenvalue weighted by atomic mass is 32.1. The van der Waals surface area contributed by atoms with Gasteiger partial charge in [-0.15, -0.1) is 5.10 Å². The normalized spacial score (nSPS) is 13.7. The van der Waals surface area contributed by atoms with E-state index in [1.807, 2.05) is 34.9 Å². The van der Waals surface area contributed by atoms with Crippen LogP contribution in [-0.2, 0) is 19.6 Å². The Hall–Kier alpha value is -3.07. The number of nitrogens with one attached hydrogen (secondary N) is 1. The number of hydrogen-bond acceptors (Lipinski definition) is 6. The van der Waals surface area contributed by atoms with Crippen LogP contribution in [0.5, 0.6) is 0 Å². The molecule has 0 aliphatic carbocycles. The van der Waals surface area contributed by atoms with Crippen molar-refractivity contribution >= 4 is 23.3 Å². The molecule has 0 saturated carbocycles. The summed E-state index contributed by atoms with van der Waals surface area (Å²) in [6, 6.07) is 9.71. The number of benzene rings is 1. The lowest BCUT2D eigenvalue weighted by Gasteiger charge is -2.19. The van der Waals surface area contributed by atoms with Crippen molar-refractivity contribution in [1.82, 2.24) is 29.4 Å². The van der Waals surface area contributed by atoms with Gasteiger partial charge in [0.05, 0.1) is 18.6 Å². The lowest BCUT2D eigenvalue weighted by Crippen LogP contribution is -2.32. The number of nitrogens with zero attached hydrogens (tertiary/aromatic N) is 5. The van der Waals surface area contributed by atoms with Gasteiger partial charge in [-0.3, -0.25) is 9.59 Å². The zero-order valence-electron chi connectivity index (χ0n) is 14.5. The number of carbonyl (C=O) groups excluding carboxylic acids is 2. The van der Waals surface area contributed by atoms with Crippen molar-refractivity contribution in [2.45, 2.75) is 26.1 Å². The third kappa shape index (κ3) is 3.72.